The van der Waals surface area contributed by atoms with Crippen LogP contribution in [0, 0.1) is 0 Å². The molecule has 0 N–H and O–H groups in total. The van der Waals surface area contributed by atoms with Gasteiger partial charge in [0.25, 0.3) is 0 Å². The molecule has 12 aromatic rings. The van der Waals surface area contributed by atoms with Gasteiger partial charge >= 0.3 is 0 Å². The minimum Gasteiger partial charge on any atom is -0.453 e. The fourth-order valence-corrected chi connectivity index (χ4v) is 10.6. The summed E-state index contributed by atoms with van der Waals surface area (Å²) < 4.78 is 6.32. The number of hydrogen-bond donors (Lipinski definition) is 0. The molecule has 0 fully saturated rings. The first-order valence-electron chi connectivity index (χ1n) is 22.7. The van der Waals surface area contributed by atoms with Gasteiger partial charge in [-0.3, -0.25) is 0 Å². The second-order valence-electron chi connectivity index (χ2n) is 17.1. The van der Waals surface area contributed by atoms with Crippen molar-refractivity contribution in [1.29, 1.82) is 0 Å². The molecule has 0 aliphatic carbocycles. The summed E-state index contributed by atoms with van der Waals surface area (Å²) in [6.07, 6.45) is 0. The number of rotatable bonds is 6. The minimum atomic E-state index is 0.848. The SMILES string of the molecule is c1ccc(-c2ccccc2-c2c3ccccc3c(-c3ccc(-c4c5ccccc5c(-c5ccc(N6c7ccccc7Oc7ccccc76)cc5)c5ccccc45)cc3)c3ccccc23)cc1. The maximum Gasteiger partial charge on any atom is 0.151 e. The summed E-state index contributed by atoms with van der Waals surface area (Å²) in [7, 11) is 0. The molecule has 0 unspecified atom stereocenters. The zero-order chi connectivity index (χ0) is 43.6. The predicted molar refractivity (Wildman–Crippen MR) is 278 cm³/mol. The van der Waals surface area contributed by atoms with Crippen LogP contribution < -0.4 is 9.64 Å². The van der Waals surface area contributed by atoms with Crippen molar-refractivity contribution in [2.45, 2.75) is 0 Å². The zero-order valence-corrected chi connectivity index (χ0v) is 36.0. The molecule has 0 aromatic heterocycles. The molecule has 308 valence electrons. The molecule has 66 heavy (non-hydrogen) atoms. The van der Waals surface area contributed by atoms with Gasteiger partial charge in [-0.25, -0.2) is 0 Å². The highest BCUT2D eigenvalue weighted by atomic mass is 16.5. The second-order valence-corrected chi connectivity index (χ2v) is 17.1. The first kappa shape index (κ1) is 37.8. The fraction of sp³-hybridized carbons (Fsp3) is 0. The maximum atomic E-state index is 6.32. The summed E-state index contributed by atoms with van der Waals surface area (Å²) in [4.78, 5) is 2.30. The Labute approximate surface area is 383 Å². The van der Waals surface area contributed by atoms with E-state index in [-0.39, 0.29) is 0 Å². The second kappa shape index (κ2) is 15.5. The normalized spacial score (nSPS) is 12.0. The molecule has 2 nitrogen and oxygen atoms in total. The molecule has 0 bridgehead atoms. The predicted octanol–water partition coefficient (Wildman–Crippen LogP) is 18.2. The number of anilines is 3. The van der Waals surface area contributed by atoms with Crippen molar-refractivity contribution in [1.82, 2.24) is 0 Å². The van der Waals surface area contributed by atoms with Gasteiger partial charge in [0.1, 0.15) is 0 Å². The van der Waals surface area contributed by atoms with E-state index >= 15 is 0 Å². The molecule has 0 atom stereocenters. The number of hydrogen-bond acceptors (Lipinski definition) is 2. The first-order chi connectivity index (χ1) is 32.8. The number of fused-ring (bicyclic) bond motifs is 6. The van der Waals surface area contributed by atoms with Gasteiger partial charge in [-0.2, -0.15) is 0 Å². The topological polar surface area (TPSA) is 12.5 Å². The smallest absolute Gasteiger partial charge is 0.151 e. The van der Waals surface area contributed by atoms with Gasteiger partial charge < -0.3 is 9.64 Å². The van der Waals surface area contributed by atoms with Gasteiger partial charge in [-0.15, -0.1) is 0 Å². The van der Waals surface area contributed by atoms with Crippen molar-refractivity contribution in [3.8, 4) is 67.1 Å². The molecule has 13 rings (SSSR count). The average molecular weight is 840 g/mol. The molecule has 1 aliphatic rings. The van der Waals surface area contributed by atoms with Gasteiger partial charge in [0.05, 0.1) is 11.4 Å². The van der Waals surface area contributed by atoms with Crippen molar-refractivity contribution in [3.63, 3.8) is 0 Å². The van der Waals surface area contributed by atoms with E-state index in [2.05, 4.69) is 229 Å². The van der Waals surface area contributed by atoms with Crippen LogP contribution in [0.15, 0.2) is 249 Å². The quantitative estimate of drug-likeness (QED) is 0.155. The van der Waals surface area contributed by atoms with Crippen molar-refractivity contribution in [2.75, 3.05) is 4.90 Å². The molecule has 0 amide bonds. The number of nitrogens with zero attached hydrogens (tertiary/aromatic N) is 1. The highest BCUT2D eigenvalue weighted by Crippen LogP contribution is 2.52. The summed E-state index contributed by atoms with van der Waals surface area (Å²) in [6, 6.07) is 90.2. The van der Waals surface area contributed by atoms with Crippen LogP contribution in [0.4, 0.5) is 17.1 Å². The number of para-hydroxylation sites is 4. The van der Waals surface area contributed by atoms with Gasteiger partial charge in [-0.1, -0.05) is 212 Å². The molecule has 0 saturated carbocycles. The average Bonchev–Trinajstić information content (AvgIpc) is 3.39. The summed E-state index contributed by atoms with van der Waals surface area (Å²) in [5.74, 6) is 1.70. The van der Waals surface area contributed by atoms with Crippen LogP contribution in [0.25, 0.3) is 98.7 Å². The van der Waals surface area contributed by atoms with Gasteiger partial charge in [0.15, 0.2) is 11.5 Å². The van der Waals surface area contributed by atoms with Gasteiger partial charge in [0, 0.05) is 5.69 Å². The molecule has 1 heterocycles. The van der Waals surface area contributed by atoms with Crippen molar-refractivity contribution < 1.29 is 4.74 Å². The Morgan fingerprint density at radius 2 is 0.545 bits per heavy atom. The van der Waals surface area contributed by atoms with Crippen LogP contribution >= 0.6 is 0 Å². The Kier molecular flexibility index (Phi) is 8.89. The van der Waals surface area contributed by atoms with E-state index in [9.17, 15) is 0 Å². The molecule has 2 heteroatoms. The Morgan fingerprint density at radius 1 is 0.227 bits per heavy atom. The highest BCUT2D eigenvalue weighted by Gasteiger charge is 2.26. The van der Waals surface area contributed by atoms with Crippen LogP contribution in [0.2, 0.25) is 0 Å². The number of benzene rings is 12. The van der Waals surface area contributed by atoms with E-state index in [1.165, 1.54) is 98.7 Å². The third kappa shape index (κ3) is 6.04. The Morgan fingerprint density at radius 3 is 0.970 bits per heavy atom. The van der Waals surface area contributed by atoms with Gasteiger partial charge in [-0.05, 0) is 135 Å². The van der Waals surface area contributed by atoms with Crippen LogP contribution in [-0.2, 0) is 0 Å². The van der Waals surface area contributed by atoms with Crippen LogP contribution in [0.3, 0.4) is 0 Å². The lowest BCUT2D eigenvalue weighted by Crippen LogP contribution is -2.15. The minimum absolute atomic E-state index is 0.848. The van der Waals surface area contributed by atoms with Crippen LogP contribution in [0.5, 0.6) is 11.5 Å². The molecule has 12 aromatic carbocycles. The van der Waals surface area contributed by atoms with E-state index < -0.39 is 0 Å². The standard InChI is InChI=1S/C64H41NO/c1-2-18-42(19-3-1)47-20-4-5-21-48(47)64-55-28-12-10-26-53(55)62(54-27-11-13-29-56(54)64)44-36-34-43(35-37-44)61-49-22-6-8-24-51(49)63(52-25-9-7-23-50(52)61)45-38-40-46(41-39-45)65-57-30-14-16-32-59(57)66-60-33-17-15-31-58(60)65/h1-41H. The lowest BCUT2D eigenvalue weighted by Gasteiger charge is -2.32. The first-order valence-corrected chi connectivity index (χ1v) is 22.7. The summed E-state index contributed by atoms with van der Waals surface area (Å²) in [6.45, 7) is 0. The van der Waals surface area contributed by atoms with E-state index in [1.807, 2.05) is 24.3 Å². The van der Waals surface area contributed by atoms with Crippen LogP contribution in [-0.4, -0.2) is 0 Å². The fourth-order valence-electron chi connectivity index (χ4n) is 10.6. The Balaban J connectivity index is 0.942. The van der Waals surface area contributed by atoms with E-state index in [0.717, 1.165) is 28.6 Å². The van der Waals surface area contributed by atoms with E-state index in [0.29, 0.717) is 0 Å². The zero-order valence-electron chi connectivity index (χ0n) is 36.0. The highest BCUT2D eigenvalue weighted by molar-refractivity contribution is 6.24. The molecule has 0 saturated heterocycles. The van der Waals surface area contributed by atoms with Crippen molar-refractivity contribution in [3.05, 3.63) is 249 Å². The summed E-state index contributed by atoms with van der Waals surface area (Å²) in [5, 5.41) is 9.91. The molecule has 0 spiro atoms. The largest absolute Gasteiger partial charge is 0.453 e. The van der Waals surface area contributed by atoms with E-state index in [4.69, 9.17) is 4.74 Å². The number of ether oxygens (including phenoxy) is 1. The molecule has 1 aliphatic heterocycles. The van der Waals surface area contributed by atoms with Crippen molar-refractivity contribution >= 4 is 60.2 Å². The van der Waals surface area contributed by atoms with Gasteiger partial charge in [0.2, 0.25) is 0 Å². The molecular weight excluding hydrogens is 799 g/mol. The Hall–Kier alpha value is -8.72. The molecular formula is C64H41NO. The van der Waals surface area contributed by atoms with Crippen LogP contribution in [0.1, 0.15) is 0 Å². The van der Waals surface area contributed by atoms with E-state index in [1.54, 1.807) is 0 Å². The summed E-state index contributed by atoms with van der Waals surface area (Å²) in [5.41, 5.74) is 15.4. The lowest BCUT2D eigenvalue weighted by molar-refractivity contribution is 0.477. The third-order valence-corrected chi connectivity index (χ3v) is 13.5. The maximum absolute atomic E-state index is 6.32. The third-order valence-electron chi connectivity index (χ3n) is 13.5. The summed E-state index contributed by atoms with van der Waals surface area (Å²) >= 11 is 0. The Bertz CT molecular complexity index is 3670. The van der Waals surface area contributed by atoms with Crippen molar-refractivity contribution in [2.24, 2.45) is 0 Å². The molecule has 0 radical (unpaired) electrons. The monoisotopic (exact) mass is 839 g/mol. The lowest BCUT2D eigenvalue weighted by atomic mass is 9.83.